The monoisotopic (exact) mass is 367 g/mol. The van der Waals surface area contributed by atoms with Gasteiger partial charge >= 0.3 is 0 Å². The molecule has 3 nitrogen and oxygen atoms in total. The number of halogens is 2. The molecule has 1 heterocycles. The van der Waals surface area contributed by atoms with E-state index in [4.69, 9.17) is 28.9 Å². The number of benzene rings is 1. The number of nitrogens with zero attached hydrogens (tertiary/aromatic N) is 2. The van der Waals surface area contributed by atoms with Crippen LogP contribution in [0.1, 0.15) is 51.6 Å². The van der Waals surface area contributed by atoms with Crippen LogP contribution in [0.5, 0.6) is 0 Å². The van der Waals surface area contributed by atoms with Gasteiger partial charge in [0.15, 0.2) is 0 Å². The molecular formula is C19H27Cl2N3. The van der Waals surface area contributed by atoms with E-state index in [1.165, 1.54) is 25.7 Å². The molecule has 0 atom stereocenters. The fourth-order valence-electron chi connectivity index (χ4n) is 2.91. The van der Waals surface area contributed by atoms with Gasteiger partial charge in [-0.05, 0) is 30.5 Å². The Kier molecular flexibility index (Phi) is 7.60. The molecule has 2 aromatic rings. The molecule has 2 rings (SSSR count). The second kappa shape index (κ2) is 9.45. The van der Waals surface area contributed by atoms with Gasteiger partial charge < -0.3 is 10.3 Å². The molecule has 0 saturated heterocycles. The summed E-state index contributed by atoms with van der Waals surface area (Å²) in [4.78, 5) is 4.54. The summed E-state index contributed by atoms with van der Waals surface area (Å²) in [7, 11) is 0. The number of hydrogen-bond acceptors (Lipinski definition) is 2. The van der Waals surface area contributed by atoms with Crippen molar-refractivity contribution in [3.63, 3.8) is 0 Å². The predicted molar refractivity (Wildman–Crippen MR) is 103 cm³/mol. The van der Waals surface area contributed by atoms with Crippen molar-refractivity contribution in [3.8, 4) is 11.3 Å². The van der Waals surface area contributed by atoms with Crippen LogP contribution in [0.15, 0.2) is 24.5 Å². The summed E-state index contributed by atoms with van der Waals surface area (Å²) in [5.74, 6) is 0.800. The maximum absolute atomic E-state index is 6.31. The summed E-state index contributed by atoms with van der Waals surface area (Å²) >= 11 is 12.3. The standard InChI is InChI=1S/C19H27Cl2N3/c1-14(2)7-5-3-4-6-10-24-13-23-19(18(24)12-22)16-9-8-15(20)11-17(16)21/h8-9,11,13-14H,3-7,10,12,22H2,1-2H3. The van der Waals surface area contributed by atoms with E-state index in [0.29, 0.717) is 16.6 Å². The molecule has 0 bridgehead atoms. The zero-order valence-electron chi connectivity index (χ0n) is 14.6. The minimum atomic E-state index is 0.446. The second-order valence-corrected chi connectivity index (χ2v) is 7.50. The molecule has 0 fully saturated rings. The smallest absolute Gasteiger partial charge is 0.0956 e. The van der Waals surface area contributed by atoms with E-state index in [9.17, 15) is 0 Å². The molecule has 0 aliphatic carbocycles. The highest BCUT2D eigenvalue weighted by molar-refractivity contribution is 6.36. The number of imidazole rings is 1. The Labute approximate surface area is 155 Å². The van der Waals surface area contributed by atoms with Gasteiger partial charge in [-0.3, -0.25) is 0 Å². The zero-order chi connectivity index (χ0) is 17.5. The Hall–Kier alpha value is -1.03. The fourth-order valence-corrected chi connectivity index (χ4v) is 3.41. The highest BCUT2D eigenvalue weighted by atomic mass is 35.5. The fraction of sp³-hybridized carbons (Fsp3) is 0.526. The SMILES string of the molecule is CC(C)CCCCCCn1cnc(-c2ccc(Cl)cc2Cl)c1CN. The van der Waals surface area contributed by atoms with Crippen LogP contribution >= 0.6 is 23.2 Å². The molecule has 0 spiro atoms. The van der Waals surface area contributed by atoms with E-state index in [0.717, 1.165) is 35.8 Å². The summed E-state index contributed by atoms with van der Waals surface area (Å²) < 4.78 is 2.16. The average Bonchev–Trinajstić information content (AvgIpc) is 2.93. The topological polar surface area (TPSA) is 43.8 Å². The minimum Gasteiger partial charge on any atom is -0.333 e. The molecule has 5 heteroatoms. The van der Waals surface area contributed by atoms with Gasteiger partial charge in [0.25, 0.3) is 0 Å². The summed E-state index contributed by atoms with van der Waals surface area (Å²) in [5.41, 5.74) is 8.74. The molecule has 1 aromatic carbocycles. The summed E-state index contributed by atoms with van der Waals surface area (Å²) in [5, 5.41) is 1.23. The van der Waals surface area contributed by atoms with Gasteiger partial charge in [0, 0.05) is 23.7 Å². The van der Waals surface area contributed by atoms with Crippen molar-refractivity contribution in [1.29, 1.82) is 0 Å². The van der Waals surface area contributed by atoms with Crippen LogP contribution in [-0.2, 0) is 13.1 Å². The molecule has 0 amide bonds. The number of rotatable bonds is 9. The van der Waals surface area contributed by atoms with E-state index >= 15 is 0 Å². The third kappa shape index (κ3) is 5.23. The molecule has 1 aromatic heterocycles. The van der Waals surface area contributed by atoms with Crippen LogP contribution in [0.2, 0.25) is 10.0 Å². The van der Waals surface area contributed by atoms with Crippen molar-refractivity contribution < 1.29 is 0 Å². The van der Waals surface area contributed by atoms with Gasteiger partial charge in [-0.25, -0.2) is 4.98 Å². The average molecular weight is 368 g/mol. The highest BCUT2D eigenvalue weighted by Gasteiger charge is 2.14. The predicted octanol–water partition coefficient (Wildman–Crippen LogP) is 5.92. The Bertz CT molecular complexity index is 650. The van der Waals surface area contributed by atoms with Gasteiger partial charge in [0.05, 0.1) is 22.7 Å². The quantitative estimate of drug-likeness (QED) is 0.558. The van der Waals surface area contributed by atoms with Crippen molar-refractivity contribution in [1.82, 2.24) is 9.55 Å². The van der Waals surface area contributed by atoms with Crippen LogP contribution in [0.25, 0.3) is 11.3 Å². The maximum Gasteiger partial charge on any atom is 0.0956 e. The van der Waals surface area contributed by atoms with E-state index in [1.807, 2.05) is 18.5 Å². The number of nitrogens with two attached hydrogens (primary N) is 1. The van der Waals surface area contributed by atoms with Gasteiger partial charge in [0.1, 0.15) is 0 Å². The zero-order valence-corrected chi connectivity index (χ0v) is 16.1. The first-order chi connectivity index (χ1) is 11.5. The summed E-state index contributed by atoms with van der Waals surface area (Å²) in [6.07, 6.45) is 8.19. The lowest BCUT2D eigenvalue weighted by atomic mass is 10.0. The Morgan fingerprint density at radius 3 is 2.54 bits per heavy atom. The van der Waals surface area contributed by atoms with Crippen molar-refractivity contribution in [2.24, 2.45) is 11.7 Å². The van der Waals surface area contributed by atoms with E-state index in [-0.39, 0.29) is 0 Å². The Balaban J connectivity index is 1.99. The van der Waals surface area contributed by atoms with Crippen molar-refractivity contribution in [2.45, 2.75) is 59.0 Å². The molecule has 0 unspecified atom stereocenters. The number of aryl methyl sites for hydroxylation is 1. The van der Waals surface area contributed by atoms with Crippen molar-refractivity contribution >= 4 is 23.2 Å². The van der Waals surface area contributed by atoms with Crippen LogP contribution < -0.4 is 5.73 Å². The number of aromatic nitrogens is 2. The lowest BCUT2D eigenvalue weighted by molar-refractivity contribution is 0.503. The molecule has 0 aliphatic heterocycles. The molecule has 132 valence electrons. The Morgan fingerprint density at radius 1 is 1.12 bits per heavy atom. The molecule has 0 saturated carbocycles. The van der Waals surface area contributed by atoms with Gasteiger partial charge in [-0.1, -0.05) is 62.7 Å². The summed E-state index contributed by atoms with van der Waals surface area (Å²) in [6, 6.07) is 5.48. The van der Waals surface area contributed by atoms with Crippen LogP contribution in [-0.4, -0.2) is 9.55 Å². The highest BCUT2D eigenvalue weighted by Crippen LogP contribution is 2.31. The van der Waals surface area contributed by atoms with Gasteiger partial charge in [0.2, 0.25) is 0 Å². The van der Waals surface area contributed by atoms with Crippen LogP contribution in [0.4, 0.5) is 0 Å². The first kappa shape index (κ1) is 19.3. The van der Waals surface area contributed by atoms with Crippen molar-refractivity contribution in [3.05, 3.63) is 40.3 Å². The number of unbranched alkanes of at least 4 members (excludes halogenated alkanes) is 3. The Morgan fingerprint density at radius 2 is 1.88 bits per heavy atom. The minimum absolute atomic E-state index is 0.446. The summed E-state index contributed by atoms with van der Waals surface area (Å²) in [6.45, 7) is 5.96. The normalized spacial score (nSPS) is 11.4. The van der Waals surface area contributed by atoms with E-state index in [1.54, 1.807) is 6.07 Å². The van der Waals surface area contributed by atoms with E-state index in [2.05, 4.69) is 23.4 Å². The molecular weight excluding hydrogens is 341 g/mol. The van der Waals surface area contributed by atoms with Gasteiger partial charge in [-0.15, -0.1) is 0 Å². The number of hydrogen-bond donors (Lipinski definition) is 1. The second-order valence-electron chi connectivity index (χ2n) is 6.66. The first-order valence-electron chi connectivity index (χ1n) is 8.72. The maximum atomic E-state index is 6.31. The first-order valence-corrected chi connectivity index (χ1v) is 9.48. The largest absolute Gasteiger partial charge is 0.333 e. The lowest BCUT2D eigenvalue weighted by Gasteiger charge is -2.10. The van der Waals surface area contributed by atoms with Gasteiger partial charge in [-0.2, -0.15) is 0 Å². The third-order valence-electron chi connectivity index (χ3n) is 4.26. The van der Waals surface area contributed by atoms with Crippen molar-refractivity contribution in [2.75, 3.05) is 0 Å². The molecule has 24 heavy (non-hydrogen) atoms. The molecule has 2 N–H and O–H groups in total. The van der Waals surface area contributed by atoms with Crippen LogP contribution in [0, 0.1) is 5.92 Å². The lowest BCUT2D eigenvalue weighted by Crippen LogP contribution is -2.08. The third-order valence-corrected chi connectivity index (χ3v) is 4.80. The molecule has 0 radical (unpaired) electrons. The van der Waals surface area contributed by atoms with E-state index < -0.39 is 0 Å². The van der Waals surface area contributed by atoms with Crippen LogP contribution in [0.3, 0.4) is 0 Å². The molecule has 0 aliphatic rings.